The molecule has 0 aromatic carbocycles. The second-order valence-electron chi connectivity index (χ2n) is 12.6. The molecule has 10 radical (unpaired) electrons. The molecule has 0 bridgehead atoms. The summed E-state index contributed by atoms with van der Waals surface area (Å²) in [4.78, 5) is 0. The van der Waals surface area contributed by atoms with Crippen LogP contribution in [0.1, 0.15) is 81.1 Å². The van der Waals surface area contributed by atoms with Gasteiger partial charge in [0.15, 0.2) is 0 Å². The van der Waals surface area contributed by atoms with E-state index >= 15 is 0 Å². The largest absolute Gasteiger partial charge is 2.00 e. The first kappa shape index (κ1) is 35.6. The molecule has 4 aliphatic carbocycles. The molecule has 2 aliphatic heterocycles. The van der Waals surface area contributed by atoms with E-state index in [0.717, 1.165) is 26.4 Å². The van der Waals surface area contributed by atoms with Gasteiger partial charge in [0.05, 0.1) is 0 Å². The quantitative estimate of drug-likeness (QED) is 0.311. The van der Waals surface area contributed by atoms with Crippen LogP contribution < -0.4 is 0 Å². The summed E-state index contributed by atoms with van der Waals surface area (Å²) in [6.45, 7) is 22.6. The van der Waals surface area contributed by atoms with Gasteiger partial charge >= 0.3 is 37.7 Å². The van der Waals surface area contributed by atoms with Gasteiger partial charge in [0, 0.05) is 50.1 Å². The topological polar surface area (TPSA) is 18.5 Å². The summed E-state index contributed by atoms with van der Waals surface area (Å²) >= 11 is 0. The van der Waals surface area contributed by atoms with Crippen LogP contribution in [0.5, 0.6) is 0 Å². The Labute approximate surface area is 284 Å². The average molecular weight is 581 g/mol. The third kappa shape index (κ3) is 8.65. The first-order chi connectivity index (χ1) is 19.2. The van der Waals surface area contributed by atoms with Crippen molar-refractivity contribution in [1.82, 2.24) is 0 Å². The zero-order valence-electron chi connectivity index (χ0n) is 27.1. The van der Waals surface area contributed by atoms with E-state index in [4.69, 9.17) is 9.47 Å². The molecule has 0 amide bonds. The van der Waals surface area contributed by atoms with Crippen molar-refractivity contribution in [2.24, 2.45) is 23.7 Å². The van der Waals surface area contributed by atoms with Gasteiger partial charge in [-0.2, -0.15) is 0 Å². The summed E-state index contributed by atoms with van der Waals surface area (Å²) in [5, 5.41) is 0. The summed E-state index contributed by atoms with van der Waals surface area (Å²) < 4.78 is 9.89. The van der Waals surface area contributed by atoms with Gasteiger partial charge in [0.1, 0.15) is 0 Å². The molecule has 0 spiro atoms. The molecule has 2 saturated carbocycles. The van der Waals surface area contributed by atoms with Crippen LogP contribution in [-0.4, -0.2) is 64.2 Å². The second kappa shape index (κ2) is 17.0. The first-order valence-corrected chi connectivity index (χ1v) is 15.7. The van der Waals surface area contributed by atoms with Crippen LogP contribution in [-0.2, 0) is 9.47 Å². The molecule has 6 aliphatic rings. The van der Waals surface area contributed by atoms with Gasteiger partial charge in [-0.15, -0.1) is 0 Å². The predicted molar refractivity (Wildman–Crippen MR) is 174 cm³/mol. The van der Waals surface area contributed by atoms with Gasteiger partial charge in [-0.1, -0.05) is 88.1 Å². The van der Waals surface area contributed by atoms with Crippen LogP contribution in [0.4, 0.5) is 0 Å². The van der Waals surface area contributed by atoms with Crippen molar-refractivity contribution >= 4 is 37.7 Å². The molecular weight excluding hydrogens is 528 g/mol. The van der Waals surface area contributed by atoms with E-state index in [1.807, 2.05) is 0 Å². The summed E-state index contributed by atoms with van der Waals surface area (Å²) in [6.07, 6.45) is 24.0. The molecule has 0 N–H and O–H groups in total. The molecule has 4 fully saturated rings. The van der Waals surface area contributed by atoms with Gasteiger partial charge in [-0.3, -0.25) is 0 Å². The molecule has 2 heterocycles. The van der Waals surface area contributed by atoms with Crippen LogP contribution in [0.3, 0.4) is 0 Å². The Morgan fingerprint density at radius 3 is 1.15 bits per heavy atom. The van der Waals surface area contributed by atoms with E-state index in [-0.39, 0.29) is 37.7 Å². The van der Waals surface area contributed by atoms with Gasteiger partial charge in [0.25, 0.3) is 0 Å². The minimum absolute atomic E-state index is 0. The number of hydrogen-bond acceptors (Lipinski definition) is 2. The molecular formula is C38H52CaO2+2. The van der Waals surface area contributed by atoms with E-state index in [9.17, 15) is 0 Å². The Balaban J connectivity index is 0.000000352. The van der Waals surface area contributed by atoms with Gasteiger partial charge in [0.2, 0.25) is 0 Å². The zero-order chi connectivity index (χ0) is 28.8. The molecule has 41 heavy (non-hydrogen) atoms. The maximum absolute atomic E-state index is 4.94. The standard InChI is InChI=1S/C30H36.2C4H8O.Ca/c1-17(2)23-13-9-19(5)25-15-11-21(7)27(25)29(23)30-24(18(3)4)14-10-20(6)26-16-12-22(8)28(26)30;2*1-2-4-5-3-1;/h9-18,29-30H,1-8H3;2*1-4H2;/q;;;+2. The normalized spacial score (nSPS) is 28.3. The average Bonchev–Trinajstić information content (AvgIpc) is 3.73. The summed E-state index contributed by atoms with van der Waals surface area (Å²) in [5.74, 6) is 10.6. The fourth-order valence-electron chi connectivity index (χ4n) is 6.72. The fourth-order valence-corrected chi connectivity index (χ4v) is 6.72. The van der Waals surface area contributed by atoms with Crippen molar-refractivity contribution < 1.29 is 9.47 Å². The molecule has 3 heteroatoms. The van der Waals surface area contributed by atoms with Crippen LogP contribution in [0.15, 0.2) is 46.6 Å². The van der Waals surface area contributed by atoms with E-state index in [1.54, 1.807) is 23.0 Å². The molecule has 2 saturated heterocycles. The number of hydrogen-bond donors (Lipinski definition) is 0. The van der Waals surface area contributed by atoms with Crippen molar-refractivity contribution in [2.45, 2.75) is 81.1 Å². The molecule has 0 aromatic rings. The van der Waals surface area contributed by atoms with Crippen LogP contribution in [0.25, 0.3) is 0 Å². The summed E-state index contributed by atoms with van der Waals surface area (Å²) in [5.41, 5.74) is 5.89. The molecule has 2 atom stereocenters. The van der Waals surface area contributed by atoms with Gasteiger partial charge in [-0.25, -0.2) is 0 Å². The maximum Gasteiger partial charge on any atom is 2.00 e. The monoisotopic (exact) mass is 580 g/mol. The van der Waals surface area contributed by atoms with Crippen LogP contribution in [0.2, 0.25) is 0 Å². The maximum atomic E-state index is 4.94. The summed E-state index contributed by atoms with van der Waals surface area (Å²) in [6, 6.07) is 0. The van der Waals surface area contributed by atoms with E-state index in [2.05, 4.69) is 105 Å². The van der Waals surface area contributed by atoms with E-state index < -0.39 is 0 Å². The molecule has 0 aromatic heterocycles. The molecule has 2 nitrogen and oxygen atoms in total. The molecule has 2 unspecified atom stereocenters. The van der Waals surface area contributed by atoms with Crippen molar-refractivity contribution in [3.63, 3.8) is 0 Å². The van der Waals surface area contributed by atoms with Crippen LogP contribution >= 0.6 is 0 Å². The summed E-state index contributed by atoms with van der Waals surface area (Å²) in [7, 11) is 0. The Kier molecular flexibility index (Phi) is 14.8. The number of ether oxygens (including phenoxy) is 2. The van der Waals surface area contributed by atoms with E-state index in [0.29, 0.717) is 23.7 Å². The third-order valence-electron chi connectivity index (χ3n) is 8.99. The van der Waals surface area contributed by atoms with Crippen molar-refractivity contribution in [3.05, 3.63) is 108 Å². The Hall–Kier alpha value is 0.140. The predicted octanol–water partition coefficient (Wildman–Crippen LogP) is 8.85. The van der Waals surface area contributed by atoms with Crippen molar-refractivity contribution in [2.75, 3.05) is 26.4 Å². The Morgan fingerprint density at radius 1 is 0.537 bits per heavy atom. The molecule has 216 valence electrons. The SMILES string of the molecule is C1CCOC1.C1CCOC1.C[C]1[CH][CH][C]2[C]1C(C1[C]3[C](C)[CH][CH][C]3C(C)=CC=C1C(C)C)C(C(C)C)=CC=C2C.[Ca+2]. The van der Waals surface area contributed by atoms with Crippen LogP contribution in [0, 0.1) is 84.9 Å². The first-order valence-electron chi connectivity index (χ1n) is 15.7. The fraction of sp³-hybridized carbons (Fsp3) is 0.526. The van der Waals surface area contributed by atoms with E-state index in [1.165, 1.54) is 60.5 Å². The minimum atomic E-state index is 0. The smallest absolute Gasteiger partial charge is 0.381 e. The van der Waals surface area contributed by atoms with Gasteiger partial charge in [-0.05, 0) is 101 Å². The Bertz CT molecular complexity index is 841. The third-order valence-corrected chi connectivity index (χ3v) is 8.99. The number of allylic oxidation sites excluding steroid dienone is 8. The number of fused-ring (bicyclic) bond motifs is 2. The van der Waals surface area contributed by atoms with Crippen molar-refractivity contribution in [3.8, 4) is 0 Å². The van der Waals surface area contributed by atoms with Gasteiger partial charge < -0.3 is 9.47 Å². The zero-order valence-corrected chi connectivity index (χ0v) is 29.3. The Morgan fingerprint density at radius 2 is 0.878 bits per heavy atom. The second-order valence-corrected chi connectivity index (χ2v) is 12.6. The van der Waals surface area contributed by atoms with Crippen molar-refractivity contribution in [1.29, 1.82) is 0 Å². The number of rotatable bonds is 3. The minimum Gasteiger partial charge on any atom is -0.381 e. The molecule has 6 rings (SSSR count).